The average Bonchev–Trinajstić information content (AvgIpc) is 2.82. The summed E-state index contributed by atoms with van der Waals surface area (Å²) in [6.07, 6.45) is 3.81. The summed E-state index contributed by atoms with van der Waals surface area (Å²) in [4.78, 5) is 12.6. The molecular formula is C13H10ClN3O. The Balaban J connectivity index is 1.84. The molecule has 2 aromatic heterocycles. The zero-order valence-corrected chi connectivity index (χ0v) is 10.2. The van der Waals surface area contributed by atoms with Crippen LogP contribution >= 0.6 is 11.6 Å². The molecule has 0 aliphatic carbocycles. The van der Waals surface area contributed by atoms with Crippen LogP contribution in [0.4, 0.5) is 0 Å². The molecule has 0 radical (unpaired) electrons. The van der Waals surface area contributed by atoms with Gasteiger partial charge in [-0.05, 0) is 18.2 Å². The highest BCUT2D eigenvalue weighted by atomic mass is 35.5. The van der Waals surface area contributed by atoms with Crippen LogP contribution in [-0.4, -0.2) is 15.0 Å². The van der Waals surface area contributed by atoms with Crippen molar-refractivity contribution >= 4 is 22.7 Å². The molecular weight excluding hydrogens is 250 g/mol. The summed E-state index contributed by atoms with van der Waals surface area (Å²) in [7, 11) is 0. The number of benzene rings is 1. The third-order valence-corrected chi connectivity index (χ3v) is 2.91. The van der Waals surface area contributed by atoms with Crippen LogP contribution in [0.15, 0.2) is 47.1 Å². The van der Waals surface area contributed by atoms with Gasteiger partial charge in [0.25, 0.3) is 0 Å². The first-order valence-electron chi connectivity index (χ1n) is 5.58. The van der Waals surface area contributed by atoms with Gasteiger partial charge in [0.1, 0.15) is 16.7 Å². The van der Waals surface area contributed by atoms with Gasteiger partial charge in [0.15, 0.2) is 11.5 Å². The summed E-state index contributed by atoms with van der Waals surface area (Å²) < 4.78 is 5.61. The molecule has 0 bridgehead atoms. The van der Waals surface area contributed by atoms with Crippen molar-refractivity contribution in [3.63, 3.8) is 0 Å². The van der Waals surface area contributed by atoms with Crippen LogP contribution < -0.4 is 0 Å². The zero-order chi connectivity index (χ0) is 12.4. The van der Waals surface area contributed by atoms with Crippen molar-refractivity contribution in [1.29, 1.82) is 0 Å². The van der Waals surface area contributed by atoms with Gasteiger partial charge in [-0.2, -0.15) is 0 Å². The van der Waals surface area contributed by atoms with Gasteiger partial charge in [-0.1, -0.05) is 12.1 Å². The zero-order valence-electron chi connectivity index (χ0n) is 9.45. The van der Waals surface area contributed by atoms with Gasteiger partial charge in [0.2, 0.25) is 0 Å². The van der Waals surface area contributed by atoms with E-state index in [0.29, 0.717) is 18.1 Å². The maximum Gasteiger partial charge on any atom is 0.197 e. The number of oxazole rings is 1. The number of nitrogens with zero attached hydrogens (tertiary/aromatic N) is 3. The van der Waals surface area contributed by atoms with E-state index in [2.05, 4.69) is 15.0 Å². The van der Waals surface area contributed by atoms with E-state index in [4.69, 9.17) is 16.0 Å². The summed E-state index contributed by atoms with van der Waals surface area (Å²) in [5.74, 6) is 1.19. The monoisotopic (exact) mass is 259 g/mol. The lowest BCUT2D eigenvalue weighted by Gasteiger charge is -2.03. The van der Waals surface area contributed by atoms with E-state index in [1.54, 1.807) is 18.5 Å². The van der Waals surface area contributed by atoms with Gasteiger partial charge >= 0.3 is 0 Å². The second kappa shape index (κ2) is 4.74. The van der Waals surface area contributed by atoms with Crippen molar-refractivity contribution in [2.45, 2.75) is 11.8 Å². The second-order valence-corrected chi connectivity index (χ2v) is 4.38. The van der Waals surface area contributed by atoms with Gasteiger partial charge < -0.3 is 4.42 Å². The van der Waals surface area contributed by atoms with Crippen LogP contribution in [0.1, 0.15) is 17.1 Å². The summed E-state index contributed by atoms with van der Waals surface area (Å²) in [5.41, 5.74) is 1.61. The Hall–Kier alpha value is -1.94. The van der Waals surface area contributed by atoms with Gasteiger partial charge in [-0.15, -0.1) is 11.6 Å². The lowest BCUT2D eigenvalue weighted by atomic mass is 10.3. The molecule has 5 heteroatoms. The molecule has 4 nitrogen and oxygen atoms in total. The smallest absolute Gasteiger partial charge is 0.197 e. The summed E-state index contributed by atoms with van der Waals surface area (Å²) in [5, 5.41) is -0.334. The third kappa shape index (κ3) is 2.19. The van der Waals surface area contributed by atoms with Crippen LogP contribution in [-0.2, 0) is 6.42 Å². The van der Waals surface area contributed by atoms with E-state index in [-0.39, 0.29) is 5.38 Å². The summed E-state index contributed by atoms with van der Waals surface area (Å²) >= 11 is 6.24. The normalized spacial score (nSPS) is 12.7. The van der Waals surface area contributed by atoms with Crippen molar-refractivity contribution in [2.24, 2.45) is 0 Å². The maximum absolute atomic E-state index is 6.24. The lowest BCUT2D eigenvalue weighted by molar-refractivity contribution is 0.521. The highest BCUT2D eigenvalue weighted by Crippen LogP contribution is 2.23. The first-order chi connectivity index (χ1) is 8.83. The van der Waals surface area contributed by atoms with Gasteiger partial charge in [-0.25, -0.2) is 15.0 Å². The molecule has 1 atom stereocenters. The number of aromatic nitrogens is 3. The number of para-hydroxylation sites is 2. The maximum atomic E-state index is 6.24. The van der Waals surface area contributed by atoms with E-state index in [1.165, 1.54) is 0 Å². The van der Waals surface area contributed by atoms with E-state index in [0.717, 1.165) is 11.1 Å². The molecule has 0 N–H and O–H groups in total. The van der Waals surface area contributed by atoms with Crippen molar-refractivity contribution < 1.29 is 4.42 Å². The minimum Gasteiger partial charge on any atom is -0.441 e. The van der Waals surface area contributed by atoms with E-state index >= 15 is 0 Å². The van der Waals surface area contributed by atoms with Gasteiger partial charge in [0.05, 0.1) is 0 Å². The van der Waals surface area contributed by atoms with Crippen LogP contribution in [0.3, 0.4) is 0 Å². The van der Waals surface area contributed by atoms with Crippen LogP contribution in [0.5, 0.6) is 0 Å². The molecule has 18 heavy (non-hydrogen) atoms. The Morgan fingerprint density at radius 2 is 1.89 bits per heavy atom. The van der Waals surface area contributed by atoms with E-state index < -0.39 is 0 Å². The fourth-order valence-electron chi connectivity index (χ4n) is 1.72. The number of alkyl halides is 1. The molecule has 0 spiro atoms. The molecule has 0 amide bonds. The molecule has 0 aliphatic rings. The molecule has 3 rings (SSSR count). The summed E-state index contributed by atoms with van der Waals surface area (Å²) in [6, 6.07) is 9.38. The molecule has 2 heterocycles. The van der Waals surface area contributed by atoms with Crippen molar-refractivity contribution in [3.8, 4) is 0 Å². The SMILES string of the molecule is ClC(Cc1nc2ccccc2o1)c1ncccn1. The van der Waals surface area contributed by atoms with Crippen molar-refractivity contribution in [3.05, 3.63) is 54.4 Å². The minimum atomic E-state index is -0.334. The largest absolute Gasteiger partial charge is 0.441 e. The molecule has 1 aromatic carbocycles. The Kier molecular flexibility index (Phi) is 2.94. The Bertz CT molecular complexity index is 620. The fraction of sp³-hybridized carbons (Fsp3) is 0.154. The topological polar surface area (TPSA) is 51.8 Å². The lowest BCUT2D eigenvalue weighted by Crippen LogP contribution is -2.01. The number of hydrogen-bond donors (Lipinski definition) is 0. The van der Waals surface area contributed by atoms with Crippen LogP contribution in [0.25, 0.3) is 11.1 Å². The minimum absolute atomic E-state index is 0.334. The summed E-state index contributed by atoms with van der Waals surface area (Å²) in [6.45, 7) is 0. The number of hydrogen-bond acceptors (Lipinski definition) is 4. The number of rotatable bonds is 3. The standard InChI is InChI=1S/C13H10ClN3O/c14-9(13-15-6-3-7-16-13)8-12-17-10-4-1-2-5-11(10)18-12/h1-7,9H,8H2. The average molecular weight is 260 g/mol. The van der Waals surface area contributed by atoms with Gasteiger partial charge in [0, 0.05) is 18.8 Å². The Morgan fingerprint density at radius 1 is 1.11 bits per heavy atom. The third-order valence-electron chi connectivity index (χ3n) is 2.56. The van der Waals surface area contributed by atoms with Gasteiger partial charge in [-0.3, -0.25) is 0 Å². The molecule has 0 fully saturated rings. The van der Waals surface area contributed by atoms with Crippen LogP contribution in [0, 0.1) is 0 Å². The number of fused-ring (bicyclic) bond motifs is 1. The highest BCUT2D eigenvalue weighted by Gasteiger charge is 2.15. The molecule has 1 unspecified atom stereocenters. The van der Waals surface area contributed by atoms with E-state index in [1.807, 2.05) is 24.3 Å². The fourth-order valence-corrected chi connectivity index (χ4v) is 1.97. The second-order valence-electron chi connectivity index (χ2n) is 3.85. The van der Waals surface area contributed by atoms with Crippen molar-refractivity contribution in [2.75, 3.05) is 0 Å². The first-order valence-corrected chi connectivity index (χ1v) is 6.02. The molecule has 90 valence electrons. The number of halogens is 1. The molecule has 0 saturated carbocycles. The molecule has 3 aromatic rings. The Morgan fingerprint density at radius 3 is 2.67 bits per heavy atom. The highest BCUT2D eigenvalue weighted by molar-refractivity contribution is 6.20. The predicted molar refractivity (Wildman–Crippen MR) is 68.3 cm³/mol. The predicted octanol–water partition coefficient (Wildman–Crippen LogP) is 3.14. The van der Waals surface area contributed by atoms with Crippen molar-refractivity contribution in [1.82, 2.24) is 15.0 Å². The Labute approximate surface area is 109 Å². The first kappa shape index (κ1) is 11.2. The van der Waals surface area contributed by atoms with E-state index in [9.17, 15) is 0 Å². The van der Waals surface area contributed by atoms with Crippen LogP contribution in [0.2, 0.25) is 0 Å². The molecule has 0 aliphatic heterocycles. The molecule has 0 saturated heterocycles. The quantitative estimate of drug-likeness (QED) is 0.678.